The Morgan fingerprint density at radius 2 is 1.81 bits per heavy atom. The minimum absolute atomic E-state index is 0.0753. The van der Waals surface area contributed by atoms with Crippen molar-refractivity contribution in [3.63, 3.8) is 0 Å². The monoisotopic (exact) mass is 518 g/mol. The van der Waals surface area contributed by atoms with Gasteiger partial charge in [0.05, 0.1) is 11.8 Å². The maximum absolute atomic E-state index is 14.8. The molecule has 37 heavy (non-hydrogen) atoms. The summed E-state index contributed by atoms with van der Waals surface area (Å²) in [5, 5.41) is 5.70. The van der Waals surface area contributed by atoms with E-state index in [1.54, 1.807) is 0 Å². The molecule has 0 saturated carbocycles. The highest BCUT2D eigenvalue weighted by molar-refractivity contribution is 6.05. The summed E-state index contributed by atoms with van der Waals surface area (Å²) in [4.78, 5) is 20.3. The molecule has 0 atom stereocenters. The first-order chi connectivity index (χ1) is 17.5. The molecule has 3 aromatic heterocycles. The van der Waals surface area contributed by atoms with Gasteiger partial charge in [0.1, 0.15) is 11.6 Å². The lowest BCUT2D eigenvalue weighted by Gasteiger charge is -2.16. The van der Waals surface area contributed by atoms with E-state index in [1.807, 2.05) is 13.8 Å². The average molecular weight is 518 g/mol. The largest absolute Gasteiger partial charge is 0.454 e. The standard InChI is InChI=1S/C24H19F5N6O2/c1-12(2)19-18(7-9-31-21(19)30)37-17-6-5-13(10-16(17)26)34-23(36)14-11-33-35(20(14)24(27,28)29)22-15(25)4-3-8-32-22/h3-12H,1-2H3,(H2,30,31)(H,34,36). The maximum atomic E-state index is 14.8. The number of hydrogen-bond acceptors (Lipinski definition) is 6. The van der Waals surface area contributed by atoms with Crippen LogP contribution in [0.15, 0.2) is 55.0 Å². The van der Waals surface area contributed by atoms with Crippen molar-refractivity contribution in [2.75, 3.05) is 11.1 Å². The van der Waals surface area contributed by atoms with E-state index in [-0.39, 0.29) is 33.6 Å². The van der Waals surface area contributed by atoms with E-state index in [9.17, 15) is 26.7 Å². The lowest BCUT2D eigenvalue weighted by molar-refractivity contribution is -0.143. The average Bonchev–Trinajstić information content (AvgIpc) is 3.27. The molecule has 0 spiro atoms. The van der Waals surface area contributed by atoms with Gasteiger partial charge in [-0.05, 0) is 36.2 Å². The molecule has 0 aliphatic rings. The summed E-state index contributed by atoms with van der Waals surface area (Å²) < 4.78 is 76.2. The van der Waals surface area contributed by atoms with Gasteiger partial charge in [0.25, 0.3) is 5.91 Å². The van der Waals surface area contributed by atoms with Crippen molar-refractivity contribution in [2.24, 2.45) is 0 Å². The van der Waals surface area contributed by atoms with Crippen molar-refractivity contribution in [2.45, 2.75) is 25.9 Å². The van der Waals surface area contributed by atoms with Gasteiger partial charge in [0.15, 0.2) is 28.9 Å². The molecule has 1 amide bonds. The Labute approximate surface area is 206 Å². The zero-order valence-electron chi connectivity index (χ0n) is 19.3. The number of anilines is 2. The molecule has 192 valence electrons. The topological polar surface area (TPSA) is 108 Å². The van der Waals surface area contributed by atoms with E-state index in [2.05, 4.69) is 20.4 Å². The molecule has 4 aromatic rings. The predicted molar refractivity (Wildman–Crippen MR) is 123 cm³/mol. The van der Waals surface area contributed by atoms with E-state index in [1.165, 1.54) is 30.5 Å². The molecule has 1 aromatic carbocycles. The van der Waals surface area contributed by atoms with Crippen LogP contribution >= 0.6 is 0 Å². The van der Waals surface area contributed by atoms with Crippen LogP contribution in [-0.2, 0) is 6.18 Å². The number of amides is 1. The van der Waals surface area contributed by atoms with Gasteiger partial charge in [-0.25, -0.2) is 23.4 Å². The summed E-state index contributed by atoms with van der Waals surface area (Å²) in [6, 6.07) is 6.93. The highest BCUT2D eigenvalue weighted by Crippen LogP contribution is 2.36. The van der Waals surface area contributed by atoms with Gasteiger partial charge in [0, 0.05) is 29.7 Å². The molecule has 0 aliphatic heterocycles. The number of nitrogens with zero attached hydrogens (tertiary/aromatic N) is 4. The van der Waals surface area contributed by atoms with Crippen molar-refractivity contribution >= 4 is 17.4 Å². The summed E-state index contributed by atoms with van der Waals surface area (Å²) in [6.45, 7) is 3.71. The first kappa shape index (κ1) is 25.5. The van der Waals surface area contributed by atoms with Crippen LogP contribution in [0.4, 0.5) is 33.5 Å². The van der Waals surface area contributed by atoms with E-state index in [0.29, 0.717) is 11.8 Å². The number of carbonyl (C=O) groups is 1. The number of benzene rings is 1. The lowest BCUT2D eigenvalue weighted by atomic mass is 10.0. The predicted octanol–water partition coefficient (Wildman–Crippen LogP) is 5.71. The first-order valence-corrected chi connectivity index (χ1v) is 10.8. The molecule has 0 unspecified atom stereocenters. The summed E-state index contributed by atoms with van der Waals surface area (Å²) in [7, 11) is 0. The smallest absolute Gasteiger partial charge is 0.434 e. The van der Waals surface area contributed by atoms with E-state index in [4.69, 9.17) is 10.5 Å². The molecule has 3 heterocycles. The highest BCUT2D eigenvalue weighted by Gasteiger charge is 2.41. The van der Waals surface area contributed by atoms with Crippen molar-refractivity contribution in [3.8, 4) is 17.3 Å². The fourth-order valence-electron chi connectivity index (χ4n) is 3.60. The van der Waals surface area contributed by atoms with Crippen LogP contribution in [0, 0.1) is 11.6 Å². The Bertz CT molecular complexity index is 1470. The number of hydrogen-bond donors (Lipinski definition) is 2. The lowest BCUT2D eigenvalue weighted by Crippen LogP contribution is -2.21. The number of nitrogen functional groups attached to an aromatic ring is 1. The number of pyridine rings is 2. The summed E-state index contributed by atoms with van der Waals surface area (Å²) >= 11 is 0. The zero-order chi connectivity index (χ0) is 26.9. The molecule has 0 saturated heterocycles. The molecule has 0 aliphatic carbocycles. The molecular formula is C24H19F5N6O2. The Hall–Kier alpha value is -4.55. The van der Waals surface area contributed by atoms with Crippen molar-refractivity contribution in [3.05, 3.63) is 83.4 Å². The van der Waals surface area contributed by atoms with Crippen LogP contribution in [0.25, 0.3) is 5.82 Å². The molecule has 8 nitrogen and oxygen atoms in total. The van der Waals surface area contributed by atoms with Crippen LogP contribution in [-0.4, -0.2) is 25.7 Å². The quantitative estimate of drug-likeness (QED) is 0.317. The van der Waals surface area contributed by atoms with Crippen LogP contribution < -0.4 is 15.8 Å². The molecule has 13 heteroatoms. The van der Waals surface area contributed by atoms with Gasteiger partial charge >= 0.3 is 6.18 Å². The second kappa shape index (κ2) is 9.84. The molecule has 0 bridgehead atoms. The fraction of sp³-hybridized carbons (Fsp3) is 0.167. The third-order valence-electron chi connectivity index (χ3n) is 5.19. The third kappa shape index (κ3) is 5.20. The Morgan fingerprint density at radius 1 is 1.05 bits per heavy atom. The molecule has 0 radical (unpaired) electrons. The first-order valence-electron chi connectivity index (χ1n) is 10.8. The summed E-state index contributed by atoms with van der Waals surface area (Å²) in [5.41, 5.74) is 3.86. The summed E-state index contributed by atoms with van der Waals surface area (Å²) in [5.74, 6) is -3.73. The van der Waals surface area contributed by atoms with Crippen LogP contribution in [0.2, 0.25) is 0 Å². The second-order valence-electron chi connectivity index (χ2n) is 8.09. The highest BCUT2D eigenvalue weighted by atomic mass is 19.4. The number of ether oxygens (including phenoxy) is 1. The van der Waals surface area contributed by atoms with Gasteiger partial charge in [-0.2, -0.15) is 18.3 Å². The van der Waals surface area contributed by atoms with Crippen LogP contribution in [0.3, 0.4) is 0 Å². The number of nitrogens with two attached hydrogens (primary N) is 1. The van der Waals surface area contributed by atoms with Crippen molar-refractivity contribution < 1.29 is 31.5 Å². The van der Waals surface area contributed by atoms with Crippen LogP contribution in [0.1, 0.15) is 41.4 Å². The Morgan fingerprint density at radius 3 is 2.46 bits per heavy atom. The van der Waals surface area contributed by atoms with Crippen molar-refractivity contribution in [1.29, 1.82) is 0 Å². The maximum Gasteiger partial charge on any atom is 0.434 e. The third-order valence-corrected chi connectivity index (χ3v) is 5.19. The molecule has 3 N–H and O–H groups in total. The Balaban J connectivity index is 1.61. The number of carbonyl (C=O) groups excluding carboxylic acids is 1. The molecule has 0 fully saturated rings. The summed E-state index contributed by atoms with van der Waals surface area (Å²) in [6.07, 6.45) is -1.98. The zero-order valence-corrected chi connectivity index (χ0v) is 19.3. The SMILES string of the molecule is CC(C)c1c(Oc2ccc(NC(=O)c3cnn(-c4ncccc4F)c3C(F)(F)F)cc2F)ccnc1N. The minimum Gasteiger partial charge on any atom is -0.454 e. The number of nitrogens with one attached hydrogen (secondary N) is 1. The van der Waals surface area contributed by atoms with Gasteiger partial charge in [0.2, 0.25) is 0 Å². The number of alkyl halides is 3. The fourth-order valence-corrected chi connectivity index (χ4v) is 3.60. The van der Waals surface area contributed by atoms with Gasteiger partial charge in [-0.15, -0.1) is 0 Å². The number of aromatic nitrogens is 4. The number of halogens is 5. The van der Waals surface area contributed by atoms with Gasteiger partial charge in [-0.1, -0.05) is 13.8 Å². The molecule has 4 rings (SSSR count). The van der Waals surface area contributed by atoms with Crippen molar-refractivity contribution in [1.82, 2.24) is 19.7 Å². The van der Waals surface area contributed by atoms with E-state index < -0.39 is 40.8 Å². The van der Waals surface area contributed by atoms with E-state index >= 15 is 0 Å². The minimum atomic E-state index is -5.09. The molecular weight excluding hydrogens is 499 g/mol. The van der Waals surface area contributed by atoms with Gasteiger partial charge < -0.3 is 15.8 Å². The normalized spacial score (nSPS) is 11.6. The second-order valence-corrected chi connectivity index (χ2v) is 8.09. The Kier molecular flexibility index (Phi) is 6.79. The van der Waals surface area contributed by atoms with Gasteiger partial charge in [-0.3, -0.25) is 4.79 Å². The van der Waals surface area contributed by atoms with Crippen LogP contribution in [0.5, 0.6) is 11.5 Å². The van der Waals surface area contributed by atoms with E-state index in [0.717, 1.165) is 18.3 Å². The number of rotatable bonds is 6.